The summed E-state index contributed by atoms with van der Waals surface area (Å²) in [4.78, 5) is 14.1. The van der Waals surface area contributed by atoms with Crippen molar-refractivity contribution in [1.82, 2.24) is 9.80 Å². The number of piperazine rings is 1. The third-order valence-electron chi connectivity index (χ3n) is 2.23. The fourth-order valence-corrected chi connectivity index (χ4v) is 1.22. The summed E-state index contributed by atoms with van der Waals surface area (Å²) in [5.74, 6) is 0. The number of halogens is 1. The molecule has 1 amide bonds. The van der Waals surface area contributed by atoms with Crippen LogP contribution in [0.3, 0.4) is 0 Å². The topological polar surface area (TPSA) is 43.8 Å². The number of amides is 1. The molecule has 1 saturated heterocycles. The van der Waals surface area contributed by atoms with Crippen molar-refractivity contribution in [1.29, 1.82) is 0 Å². The monoisotopic (exact) mass is 194 g/mol. The van der Waals surface area contributed by atoms with Crippen LogP contribution in [0.4, 0.5) is 4.79 Å². The first-order valence-electron chi connectivity index (χ1n) is 3.79. The third-order valence-corrected chi connectivity index (χ3v) is 2.23. The van der Waals surface area contributed by atoms with Crippen LogP contribution in [-0.2, 0) is 0 Å². The number of hydrogen-bond acceptors (Lipinski definition) is 2. The highest BCUT2D eigenvalue weighted by Gasteiger charge is 2.23. The van der Waals surface area contributed by atoms with Crippen molar-refractivity contribution >= 4 is 18.5 Å². The minimum Gasteiger partial charge on any atom is -0.465 e. The number of hydrogen-bond donors (Lipinski definition) is 1. The molecule has 0 aliphatic carbocycles. The molecule has 72 valence electrons. The van der Waals surface area contributed by atoms with E-state index in [1.807, 2.05) is 14.0 Å². The number of carboxylic acid groups (broad SMARTS) is 1. The van der Waals surface area contributed by atoms with Gasteiger partial charge in [0.15, 0.2) is 0 Å². The first-order chi connectivity index (χ1) is 5.11. The summed E-state index contributed by atoms with van der Waals surface area (Å²) >= 11 is 0. The second kappa shape index (κ2) is 4.52. The van der Waals surface area contributed by atoms with E-state index in [1.165, 1.54) is 4.90 Å². The summed E-state index contributed by atoms with van der Waals surface area (Å²) in [5, 5.41) is 8.65. The van der Waals surface area contributed by atoms with E-state index >= 15 is 0 Å². The van der Waals surface area contributed by atoms with Gasteiger partial charge in [0.05, 0.1) is 0 Å². The predicted octanol–water partition coefficient (Wildman–Crippen LogP) is 0.722. The molecule has 0 spiro atoms. The van der Waals surface area contributed by atoms with Gasteiger partial charge in [0, 0.05) is 25.7 Å². The van der Waals surface area contributed by atoms with E-state index in [4.69, 9.17) is 5.11 Å². The molecule has 5 heteroatoms. The molecule has 1 aliphatic heterocycles. The highest BCUT2D eigenvalue weighted by molar-refractivity contribution is 5.85. The lowest BCUT2D eigenvalue weighted by molar-refractivity contribution is 0.0893. The first kappa shape index (κ1) is 11.5. The van der Waals surface area contributed by atoms with Crippen LogP contribution >= 0.6 is 12.4 Å². The van der Waals surface area contributed by atoms with Crippen LogP contribution < -0.4 is 0 Å². The molecule has 1 aliphatic rings. The van der Waals surface area contributed by atoms with Crippen molar-refractivity contribution in [3.8, 4) is 0 Å². The maximum atomic E-state index is 10.5. The maximum absolute atomic E-state index is 10.5. The first-order valence-corrected chi connectivity index (χ1v) is 3.79. The summed E-state index contributed by atoms with van der Waals surface area (Å²) in [5.41, 5.74) is 0. The fourth-order valence-electron chi connectivity index (χ4n) is 1.22. The van der Waals surface area contributed by atoms with Gasteiger partial charge in [-0.2, -0.15) is 0 Å². The van der Waals surface area contributed by atoms with Gasteiger partial charge in [-0.15, -0.1) is 12.4 Å². The number of carbonyl (C=O) groups is 1. The van der Waals surface area contributed by atoms with Gasteiger partial charge in [0.2, 0.25) is 0 Å². The van der Waals surface area contributed by atoms with Crippen LogP contribution in [0.5, 0.6) is 0 Å². The van der Waals surface area contributed by atoms with Crippen LogP contribution in [0.15, 0.2) is 0 Å². The van der Waals surface area contributed by atoms with E-state index in [9.17, 15) is 4.79 Å². The molecule has 0 radical (unpaired) electrons. The summed E-state index contributed by atoms with van der Waals surface area (Å²) in [6.07, 6.45) is -0.801. The minimum atomic E-state index is -0.801. The summed E-state index contributed by atoms with van der Waals surface area (Å²) in [6, 6.07) is 0.347. The Morgan fingerprint density at radius 2 is 2.08 bits per heavy atom. The quantitative estimate of drug-likeness (QED) is 0.618. The van der Waals surface area contributed by atoms with Crippen LogP contribution in [0, 0.1) is 0 Å². The molecule has 0 aromatic heterocycles. The van der Waals surface area contributed by atoms with Crippen LogP contribution in [-0.4, -0.2) is 53.7 Å². The molecule has 0 saturated carbocycles. The standard InChI is InChI=1S/C7H14N2O2.ClH/c1-6-5-9(7(10)11)4-3-8(6)2;/h6H,3-5H2,1-2H3,(H,10,11);1H/t6-;/m0./s1. The molecular weight excluding hydrogens is 180 g/mol. The maximum Gasteiger partial charge on any atom is 0.407 e. The molecule has 1 heterocycles. The van der Waals surface area contributed by atoms with E-state index in [-0.39, 0.29) is 12.4 Å². The minimum absolute atomic E-state index is 0. The van der Waals surface area contributed by atoms with Gasteiger partial charge in [0.25, 0.3) is 0 Å². The van der Waals surface area contributed by atoms with Crippen molar-refractivity contribution < 1.29 is 9.90 Å². The van der Waals surface area contributed by atoms with Crippen molar-refractivity contribution in [2.45, 2.75) is 13.0 Å². The van der Waals surface area contributed by atoms with Crippen molar-refractivity contribution in [3.63, 3.8) is 0 Å². The Kier molecular flexibility index (Phi) is 4.34. The van der Waals surface area contributed by atoms with E-state index in [0.29, 0.717) is 19.1 Å². The predicted molar refractivity (Wildman–Crippen MR) is 48.9 cm³/mol. The van der Waals surface area contributed by atoms with Gasteiger partial charge in [-0.05, 0) is 14.0 Å². The molecule has 0 aromatic rings. The highest BCUT2D eigenvalue weighted by Crippen LogP contribution is 2.06. The molecule has 0 unspecified atom stereocenters. The van der Waals surface area contributed by atoms with Crippen LogP contribution in [0.1, 0.15) is 6.92 Å². The molecular formula is C7H15ClN2O2. The average molecular weight is 195 g/mol. The molecule has 12 heavy (non-hydrogen) atoms. The molecule has 1 N–H and O–H groups in total. The van der Waals surface area contributed by atoms with Crippen LogP contribution in [0.2, 0.25) is 0 Å². The Morgan fingerprint density at radius 3 is 2.50 bits per heavy atom. The zero-order valence-corrected chi connectivity index (χ0v) is 8.17. The molecule has 4 nitrogen and oxygen atoms in total. The summed E-state index contributed by atoms with van der Waals surface area (Å²) < 4.78 is 0. The third kappa shape index (κ3) is 2.53. The van der Waals surface area contributed by atoms with Crippen molar-refractivity contribution in [2.24, 2.45) is 0 Å². The zero-order chi connectivity index (χ0) is 8.43. The van der Waals surface area contributed by atoms with Crippen molar-refractivity contribution in [2.75, 3.05) is 26.7 Å². The van der Waals surface area contributed by atoms with Gasteiger partial charge in [-0.1, -0.05) is 0 Å². The number of rotatable bonds is 0. The summed E-state index contributed by atoms with van der Waals surface area (Å²) in [6.45, 7) is 4.14. The Balaban J connectivity index is 0.00000121. The Bertz CT molecular complexity index is 165. The van der Waals surface area contributed by atoms with Crippen molar-refractivity contribution in [3.05, 3.63) is 0 Å². The normalized spacial score (nSPS) is 24.8. The Labute approximate surface area is 78.6 Å². The molecule has 0 bridgehead atoms. The molecule has 1 atom stereocenters. The SMILES string of the molecule is C[C@H]1CN(C(=O)O)CCN1C.Cl. The molecule has 0 aromatic carbocycles. The lowest BCUT2D eigenvalue weighted by atomic mass is 10.2. The number of nitrogens with zero attached hydrogens (tertiary/aromatic N) is 2. The smallest absolute Gasteiger partial charge is 0.407 e. The van der Waals surface area contributed by atoms with E-state index in [1.54, 1.807) is 0 Å². The van der Waals surface area contributed by atoms with Crippen LogP contribution in [0.25, 0.3) is 0 Å². The van der Waals surface area contributed by atoms with Gasteiger partial charge in [-0.3, -0.25) is 0 Å². The van der Waals surface area contributed by atoms with Gasteiger partial charge >= 0.3 is 6.09 Å². The average Bonchev–Trinajstić information content (AvgIpc) is 1.94. The van der Waals surface area contributed by atoms with Gasteiger partial charge < -0.3 is 14.9 Å². The van der Waals surface area contributed by atoms with Gasteiger partial charge in [-0.25, -0.2) is 4.79 Å². The number of likely N-dealkylation sites (N-methyl/N-ethyl adjacent to an activating group) is 1. The Hall–Kier alpha value is -0.480. The van der Waals surface area contributed by atoms with E-state index in [2.05, 4.69) is 4.90 Å². The van der Waals surface area contributed by atoms with E-state index in [0.717, 1.165) is 6.54 Å². The molecule has 1 fully saturated rings. The second-order valence-electron chi connectivity index (χ2n) is 3.06. The van der Waals surface area contributed by atoms with Gasteiger partial charge in [0.1, 0.15) is 0 Å². The fraction of sp³-hybridized carbons (Fsp3) is 0.857. The lowest BCUT2D eigenvalue weighted by Crippen LogP contribution is -2.51. The van der Waals surface area contributed by atoms with E-state index < -0.39 is 6.09 Å². The highest BCUT2D eigenvalue weighted by atomic mass is 35.5. The largest absolute Gasteiger partial charge is 0.465 e. The molecule has 1 rings (SSSR count). The zero-order valence-electron chi connectivity index (χ0n) is 7.36. The lowest BCUT2D eigenvalue weighted by Gasteiger charge is -2.35. The second-order valence-corrected chi connectivity index (χ2v) is 3.06. The summed E-state index contributed by atoms with van der Waals surface area (Å²) in [7, 11) is 2.02. The Morgan fingerprint density at radius 1 is 1.50 bits per heavy atom.